The molecule has 2 rings (SSSR count). The minimum absolute atomic E-state index is 0.0142. The first-order valence-electron chi connectivity index (χ1n) is 6.75. The molecular weight excluding hydrogens is 327 g/mol. The minimum atomic E-state index is -4.49. The van der Waals surface area contributed by atoms with Gasteiger partial charge >= 0.3 is 6.18 Å². The van der Waals surface area contributed by atoms with Crippen LogP contribution < -0.4 is 16.2 Å². The standard InChI is InChI=1S/C14H14F3N5O2/c1-7-4-20-13(24)10-8(5-19-11(7)10)12(23)22-9(2-3-18)21-6-14(15,16)17/h2-5,18-19,21H,6H2,1H3,(H,20,24)(H,22,23)/b9-2+,18-3?. The van der Waals surface area contributed by atoms with Crippen molar-refractivity contribution in [1.82, 2.24) is 20.6 Å². The summed E-state index contributed by atoms with van der Waals surface area (Å²) in [4.78, 5) is 29.5. The number of pyridine rings is 1. The summed E-state index contributed by atoms with van der Waals surface area (Å²) in [7, 11) is 0. The van der Waals surface area contributed by atoms with Gasteiger partial charge in [-0.2, -0.15) is 13.2 Å². The van der Waals surface area contributed by atoms with Crippen LogP contribution in [0.1, 0.15) is 15.9 Å². The summed E-state index contributed by atoms with van der Waals surface area (Å²) in [6, 6.07) is 0. The number of alkyl halides is 3. The minimum Gasteiger partial charge on any atom is -0.363 e. The van der Waals surface area contributed by atoms with Gasteiger partial charge in [0.15, 0.2) is 0 Å². The highest BCUT2D eigenvalue weighted by Crippen LogP contribution is 2.17. The lowest BCUT2D eigenvalue weighted by molar-refractivity contribution is -0.123. The molecule has 0 aromatic carbocycles. The van der Waals surface area contributed by atoms with E-state index in [1.54, 1.807) is 6.92 Å². The Morgan fingerprint density at radius 1 is 1.33 bits per heavy atom. The molecule has 2 aromatic heterocycles. The Bertz CT molecular complexity index is 863. The molecule has 128 valence electrons. The van der Waals surface area contributed by atoms with Crippen molar-refractivity contribution < 1.29 is 18.0 Å². The molecule has 24 heavy (non-hydrogen) atoms. The summed E-state index contributed by atoms with van der Waals surface area (Å²) < 4.78 is 36.8. The van der Waals surface area contributed by atoms with Crippen LogP contribution >= 0.6 is 0 Å². The molecule has 0 spiro atoms. The van der Waals surface area contributed by atoms with Crippen molar-refractivity contribution in [2.24, 2.45) is 0 Å². The summed E-state index contributed by atoms with van der Waals surface area (Å²) in [5.41, 5.74) is 0.654. The number of nitrogens with one attached hydrogen (secondary N) is 5. The van der Waals surface area contributed by atoms with Gasteiger partial charge in [0.25, 0.3) is 11.5 Å². The molecule has 7 nitrogen and oxygen atoms in total. The van der Waals surface area contributed by atoms with E-state index < -0.39 is 24.2 Å². The second-order valence-electron chi connectivity index (χ2n) is 4.92. The second kappa shape index (κ2) is 6.60. The van der Waals surface area contributed by atoms with Crippen LogP contribution in [0.5, 0.6) is 0 Å². The average molecular weight is 341 g/mol. The lowest BCUT2D eigenvalue weighted by atomic mass is 10.1. The zero-order chi connectivity index (χ0) is 17.9. The number of hydrogen-bond acceptors (Lipinski definition) is 4. The van der Waals surface area contributed by atoms with Gasteiger partial charge in [-0.05, 0) is 18.6 Å². The van der Waals surface area contributed by atoms with E-state index in [9.17, 15) is 22.8 Å². The average Bonchev–Trinajstić information content (AvgIpc) is 2.94. The second-order valence-corrected chi connectivity index (χ2v) is 4.92. The SMILES string of the molecule is Cc1c[nH]c(=O)c2c(C(=O)N/C(=C/C=N)NCC(F)(F)F)c[nH]c12. The lowest BCUT2D eigenvalue weighted by Crippen LogP contribution is -2.37. The Balaban J connectivity index is 2.28. The molecule has 0 radical (unpaired) electrons. The number of aromatic amines is 2. The van der Waals surface area contributed by atoms with Crippen molar-refractivity contribution in [2.45, 2.75) is 13.1 Å². The normalized spacial score (nSPS) is 12.2. The van der Waals surface area contributed by atoms with E-state index >= 15 is 0 Å². The zero-order valence-electron chi connectivity index (χ0n) is 12.5. The fourth-order valence-electron chi connectivity index (χ4n) is 2.08. The lowest BCUT2D eigenvalue weighted by Gasteiger charge is -2.13. The Morgan fingerprint density at radius 2 is 2.04 bits per heavy atom. The maximum Gasteiger partial charge on any atom is 0.405 e. The molecule has 0 aliphatic carbocycles. The molecule has 2 heterocycles. The van der Waals surface area contributed by atoms with Gasteiger partial charge in [0.2, 0.25) is 0 Å². The largest absolute Gasteiger partial charge is 0.405 e. The van der Waals surface area contributed by atoms with E-state index in [0.29, 0.717) is 11.1 Å². The first kappa shape index (κ1) is 17.3. The number of rotatable bonds is 5. The highest BCUT2D eigenvalue weighted by atomic mass is 19.4. The fourth-order valence-corrected chi connectivity index (χ4v) is 2.08. The van der Waals surface area contributed by atoms with Gasteiger partial charge in [0.1, 0.15) is 12.4 Å². The fraction of sp³-hybridized carbons (Fsp3) is 0.214. The Labute approximate surface area is 133 Å². The van der Waals surface area contributed by atoms with Gasteiger partial charge in [-0.1, -0.05) is 0 Å². The maximum absolute atomic E-state index is 12.3. The van der Waals surface area contributed by atoms with Gasteiger partial charge in [0, 0.05) is 18.6 Å². The molecule has 2 aromatic rings. The van der Waals surface area contributed by atoms with Crippen molar-refractivity contribution in [3.05, 3.63) is 45.8 Å². The molecular formula is C14H14F3N5O2. The highest BCUT2D eigenvalue weighted by molar-refractivity contribution is 6.07. The van der Waals surface area contributed by atoms with Crippen LogP contribution in [0.3, 0.4) is 0 Å². The van der Waals surface area contributed by atoms with Gasteiger partial charge in [0.05, 0.1) is 16.5 Å². The summed E-state index contributed by atoms with van der Waals surface area (Å²) >= 11 is 0. The van der Waals surface area contributed by atoms with Crippen LogP contribution in [-0.4, -0.2) is 34.8 Å². The smallest absolute Gasteiger partial charge is 0.363 e. The summed E-state index contributed by atoms with van der Waals surface area (Å²) in [6.07, 6.45) is -0.0117. The van der Waals surface area contributed by atoms with Crippen LogP contribution in [0.15, 0.2) is 29.1 Å². The van der Waals surface area contributed by atoms with Crippen LogP contribution in [0.4, 0.5) is 13.2 Å². The van der Waals surface area contributed by atoms with Crippen molar-refractivity contribution in [2.75, 3.05) is 6.54 Å². The van der Waals surface area contributed by atoms with E-state index in [0.717, 1.165) is 12.3 Å². The number of aryl methyl sites for hydroxylation is 1. The molecule has 0 aliphatic heterocycles. The summed E-state index contributed by atoms with van der Waals surface area (Å²) in [6.45, 7) is 0.349. The van der Waals surface area contributed by atoms with Gasteiger partial charge in [-0.15, -0.1) is 0 Å². The number of carbonyl (C=O) groups is 1. The number of fused-ring (bicyclic) bond motifs is 1. The van der Waals surface area contributed by atoms with E-state index in [1.165, 1.54) is 12.4 Å². The van der Waals surface area contributed by atoms with E-state index in [-0.39, 0.29) is 16.8 Å². The zero-order valence-corrected chi connectivity index (χ0v) is 12.5. The molecule has 0 fully saturated rings. The Hall–Kier alpha value is -3.04. The quantitative estimate of drug-likeness (QED) is 0.532. The van der Waals surface area contributed by atoms with E-state index in [1.807, 2.05) is 5.32 Å². The van der Waals surface area contributed by atoms with Gasteiger partial charge < -0.3 is 26.0 Å². The number of carbonyl (C=O) groups excluding carboxylic acids is 1. The van der Waals surface area contributed by atoms with Gasteiger partial charge in [-0.25, -0.2) is 0 Å². The maximum atomic E-state index is 12.3. The molecule has 0 atom stereocenters. The van der Waals surface area contributed by atoms with E-state index in [4.69, 9.17) is 5.41 Å². The number of allylic oxidation sites excluding steroid dienone is 1. The molecule has 0 unspecified atom stereocenters. The predicted octanol–water partition coefficient (Wildman–Crippen LogP) is 1.54. The van der Waals surface area contributed by atoms with Crippen LogP contribution in [0, 0.1) is 12.3 Å². The van der Waals surface area contributed by atoms with Crippen LogP contribution in [0.2, 0.25) is 0 Å². The molecule has 0 bridgehead atoms. The summed E-state index contributed by atoms with van der Waals surface area (Å²) in [5, 5.41) is 11.3. The topological polar surface area (TPSA) is 114 Å². The Kier molecular flexibility index (Phi) is 4.77. The van der Waals surface area contributed by atoms with Crippen LogP contribution in [0.25, 0.3) is 10.9 Å². The van der Waals surface area contributed by atoms with Crippen molar-refractivity contribution in [3.63, 3.8) is 0 Å². The van der Waals surface area contributed by atoms with Gasteiger partial charge in [-0.3, -0.25) is 9.59 Å². The van der Waals surface area contributed by atoms with Crippen molar-refractivity contribution in [1.29, 1.82) is 5.41 Å². The number of amides is 1. The third kappa shape index (κ3) is 3.83. The third-order valence-corrected chi connectivity index (χ3v) is 3.14. The van der Waals surface area contributed by atoms with Crippen LogP contribution in [-0.2, 0) is 0 Å². The molecule has 0 saturated heterocycles. The number of aromatic nitrogens is 2. The molecule has 0 saturated carbocycles. The monoisotopic (exact) mass is 341 g/mol. The van der Waals surface area contributed by atoms with Crippen molar-refractivity contribution >= 4 is 23.0 Å². The number of H-pyrrole nitrogens is 2. The highest BCUT2D eigenvalue weighted by Gasteiger charge is 2.27. The van der Waals surface area contributed by atoms with Crippen molar-refractivity contribution in [3.8, 4) is 0 Å². The summed E-state index contributed by atoms with van der Waals surface area (Å²) in [5.74, 6) is -1.08. The molecule has 1 amide bonds. The number of hydrogen-bond donors (Lipinski definition) is 5. The first-order valence-corrected chi connectivity index (χ1v) is 6.75. The third-order valence-electron chi connectivity index (χ3n) is 3.14. The number of halogens is 3. The molecule has 10 heteroatoms. The van der Waals surface area contributed by atoms with E-state index in [2.05, 4.69) is 15.3 Å². The molecule has 5 N–H and O–H groups in total. The Morgan fingerprint density at radius 3 is 2.67 bits per heavy atom. The molecule has 0 aliphatic rings. The first-order chi connectivity index (χ1) is 11.2. The predicted molar refractivity (Wildman–Crippen MR) is 82.0 cm³/mol.